The van der Waals surface area contributed by atoms with Gasteiger partial charge in [0.1, 0.15) is 23.9 Å². The average Bonchev–Trinajstić information content (AvgIpc) is 3.63. The number of hydrogen-bond donors (Lipinski definition) is 8. The zero-order valence-electron chi connectivity index (χ0n) is 22.5. The summed E-state index contributed by atoms with van der Waals surface area (Å²) in [5, 5.41) is 24.4. The number of aromatic amines is 1. The van der Waals surface area contributed by atoms with Crippen molar-refractivity contribution in [1.82, 2.24) is 25.5 Å². The van der Waals surface area contributed by atoms with Crippen molar-refractivity contribution >= 4 is 29.7 Å². The second-order valence-corrected chi connectivity index (χ2v) is 9.86. The van der Waals surface area contributed by atoms with Gasteiger partial charge in [-0.15, -0.1) is 0 Å². The van der Waals surface area contributed by atoms with Crippen LogP contribution in [0.25, 0.3) is 0 Å². The van der Waals surface area contributed by atoms with Crippen molar-refractivity contribution in [3.63, 3.8) is 0 Å². The number of aromatic nitrogens is 2. The van der Waals surface area contributed by atoms with Crippen LogP contribution < -0.4 is 27.8 Å². The minimum atomic E-state index is -1.25. The first-order valence-electron chi connectivity index (χ1n) is 13.2. The Bertz CT molecular complexity index is 1210. The second-order valence-electron chi connectivity index (χ2n) is 9.86. The number of aliphatic carboxylic acids is 1. The number of nitrogens with two attached hydrogens (primary N) is 3. The Morgan fingerprint density at radius 2 is 1.85 bits per heavy atom. The third-order valence-corrected chi connectivity index (χ3v) is 6.73. The highest BCUT2D eigenvalue weighted by Crippen LogP contribution is 2.20. The maximum atomic E-state index is 13.7. The number of phenols is 1. The molecule has 2 aromatic rings. The van der Waals surface area contributed by atoms with Gasteiger partial charge in [0.25, 0.3) is 0 Å². The van der Waals surface area contributed by atoms with Crippen molar-refractivity contribution in [1.29, 1.82) is 0 Å². The molecule has 1 saturated heterocycles. The van der Waals surface area contributed by atoms with Crippen LogP contribution in [0.1, 0.15) is 36.9 Å². The molecule has 15 nitrogen and oxygen atoms in total. The van der Waals surface area contributed by atoms with Crippen LogP contribution in [0.4, 0.5) is 0 Å². The largest absolute Gasteiger partial charge is 0.508 e. The number of carboxylic acid groups (broad SMARTS) is 1. The highest BCUT2D eigenvalue weighted by atomic mass is 16.4. The number of rotatable bonds is 14. The van der Waals surface area contributed by atoms with E-state index in [2.05, 4.69) is 25.6 Å². The molecular weight excluding hydrogens is 534 g/mol. The summed E-state index contributed by atoms with van der Waals surface area (Å²) in [6.45, 7) is 0.557. The molecule has 0 aliphatic carbocycles. The number of aromatic hydroxyl groups is 1. The third-order valence-electron chi connectivity index (χ3n) is 6.73. The normalized spacial score (nSPS) is 16.8. The molecule has 0 saturated carbocycles. The first kappa shape index (κ1) is 30.9. The summed E-state index contributed by atoms with van der Waals surface area (Å²) >= 11 is 0. The van der Waals surface area contributed by atoms with E-state index >= 15 is 0 Å². The zero-order valence-corrected chi connectivity index (χ0v) is 22.5. The number of phenolic OH excluding ortho intramolecular Hbond substituents is 1. The smallest absolute Gasteiger partial charge is 0.326 e. The molecule has 0 unspecified atom stereocenters. The Morgan fingerprint density at radius 3 is 2.49 bits per heavy atom. The quantitative estimate of drug-likeness (QED) is 0.0726. The van der Waals surface area contributed by atoms with Crippen LogP contribution in [0.15, 0.2) is 41.8 Å². The molecule has 1 aromatic carbocycles. The summed E-state index contributed by atoms with van der Waals surface area (Å²) in [5.74, 6) is -2.91. The molecule has 0 radical (unpaired) electrons. The number of hydrogen-bond acceptors (Lipinski definition) is 8. The molecule has 1 aliphatic rings. The lowest BCUT2D eigenvalue weighted by molar-refractivity contribution is -0.144. The topological polar surface area (TPSA) is 255 Å². The number of H-pyrrole nitrogens is 1. The highest BCUT2D eigenvalue weighted by molar-refractivity contribution is 5.94. The Kier molecular flexibility index (Phi) is 11.0. The van der Waals surface area contributed by atoms with Crippen molar-refractivity contribution in [2.24, 2.45) is 22.2 Å². The molecule has 3 amide bonds. The van der Waals surface area contributed by atoms with E-state index in [1.165, 1.54) is 29.6 Å². The summed E-state index contributed by atoms with van der Waals surface area (Å²) in [4.78, 5) is 63.8. The van der Waals surface area contributed by atoms with Gasteiger partial charge in [-0.2, -0.15) is 0 Å². The summed E-state index contributed by atoms with van der Waals surface area (Å²) in [7, 11) is 0. The van der Waals surface area contributed by atoms with E-state index in [-0.39, 0.29) is 37.5 Å². The Hall–Kier alpha value is -4.66. The predicted octanol–water partition coefficient (Wildman–Crippen LogP) is -1.67. The van der Waals surface area contributed by atoms with Gasteiger partial charge in [0.15, 0.2) is 5.96 Å². The molecule has 4 atom stereocenters. The fourth-order valence-electron chi connectivity index (χ4n) is 4.58. The van der Waals surface area contributed by atoms with E-state index in [0.717, 1.165) is 0 Å². The monoisotopic (exact) mass is 571 g/mol. The molecule has 1 aromatic heterocycles. The molecular formula is C26H37N9O6. The predicted molar refractivity (Wildman–Crippen MR) is 148 cm³/mol. The molecule has 11 N–H and O–H groups in total. The van der Waals surface area contributed by atoms with Crippen LogP contribution in [-0.4, -0.2) is 92.0 Å². The maximum absolute atomic E-state index is 13.7. The number of likely N-dealkylation sites (tertiary alicyclic amines) is 1. The number of benzene rings is 1. The Labute approximate surface area is 236 Å². The van der Waals surface area contributed by atoms with Crippen molar-refractivity contribution in [2.75, 3.05) is 13.1 Å². The third kappa shape index (κ3) is 9.20. The Morgan fingerprint density at radius 1 is 1.12 bits per heavy atom. The van der Waals surface area contributed by atoms with Gasteiger partial charge in [0.05, 0.1) is 12.4 Å². The van der Waals surface area contributed by atoms with Crippen molar-refractivity contribution in [3.8, 4) is 5.75 Å². The van der Waals surface area contributed by atoms with E-state index in [1.54, 1.807) is 12.1 Å². The standard InChI is InChI=1S/C26H37N9O6/c27-18(3-1-9-31-26(28)29)22(37)33-19(12-16-13-30-14-32-16)24(39)35-10-2-4-21(35)23(38)34-20(25(40)41)11-15-5-7-17(36)8-6-15/h5-8,13-14,18-21,36H,1-4,9-12,27H2,(H,30,32)(H,33,37)(H,34,38)(H,40,41)(H4,28,29,31)/t18-,19-,20-,21-/m0/s1. The van der Waals surface area contributed by atoms with Gasteiger partial charge < -0.3 is 47.9 Å². The number of aliphatic imine (C=N–C) groups is 1. The van der Waals surface area contributed by atoms with E-state index in [0.29, 0.717) is 37.1 Å². The minimum absolute atomic E-state index is 0.0123. The van der Waals surface area contributed by atoms with Gasteiger partial charge >= 0.3 is 5.97 Å². The van der Waals surface area contributed by atoms with Crippen LogP contribution in [0.3, 0.4) is 0 Å². The van der Waals surface area contributed by atoms with E-state index < -0.39 is 47.9 Å². The van der Waals surface area contributed by atoms with Gasteiger partial charge in [-0.1, -0.05) is 12.1 Å². The average molecular weight is 572 g/mol. The van der Waals surface area contributed by atoms with Crippen LogP contribution in [-0.2, 0) is 32.0 Å². The van der Waals surface area contributed by atoms with Crippen LogP contribution in [0, 0.1) is 0 Å². The zero-order chi connectivity index (χ0) is 29.9. The van der Waals surface area contributed by atoms with E-state index in [4.69, 9.17) is 17.2 Å². The lowest BCUT2D eigenvalue weighted by atomic mass is 10.0. The van der Waals surface area contributed by atoms with E-state index in [9.17, 15) is 29.4 Å². The van der Waals surface area contributed by atoms with Crippen LogP contribution in [0.2, 0.25) is 0 Å². The van der Waals surface area contributed by atoms with Crippen molar-refractivity contribution < 1.29 is 29.4 Å². The number of carboxylic acids is 1. The molecule has 222 valence electrons. The number of nitrogens with zero attached hydrogens (tertiary/aromatic N) is 3. The van der Waals surface area contributed by atoms with Crippen LogP contribution >= 0.6 is 0 Å². The molecule has 0 spiro atoms. The summed E-state index contributed by atoms with van der Waals surface area (Å²) in [5.41, 5.74) is 17.8. The number of amides is 3. The molecule has 41 heavy (non-hydrogen) atoms. The second kappa shape index (κ2) is 14.6. The Balaban J connectivity index is 1.69. The molecule has 3 rings (SSSR count). The molecule has 1 fully saturated rings. The highest BCUT2D eigenvalue weighted by Gasteiger charge is 2.39. The van der Waals surface area contributed by atoms with Gasteiger partial charge in [-0.3, -0.25) is 19.4 Å². The number of imidazole rings is 1. The lowest BCUT2D eigenvalue weighted by Crippen LogP contribution is -2.57. The molecule has 1 aliphatic heterocycles. The number of carbonyl (C=O) groups excluding carboxylic acids is 3. The summed E-state index contributed by atoms with van der Waals surface area (Å²) < 4.78 is 0. The molecule has 0 bridgehead atoms. The SMILES string of the molecule is NC(N)=NCCC[C@H](N)C(=O)N[C@@H](Cc1cnc[nH]1)C(=O)N1CCC[C@H]1C(=O)N[C@@H](Cc1ccc(O)cc1)C(=O)O. The first-order valence-corrected chi connectivity index (χ1v) is 13.2. The van der Waals surface area contributed by atoms with Gasteiger partial charge in [-0.05, 0) is 43.4 Å². The summed E-state index contributed by atoms with van der Waals surface area (Å²) in [6, 6.07) is 1.85. The summed E-state index contributed by atoms with van der Waals surface area (Å²) in [6.07, 6.45) is 4.62. The van der Waals surface area contributed by atoms with Gasteiger partial charge in [-0.25, -0.2) is 9.78 Å². The first-order chi connectivity index (χ1) is 19.5. The number of carbonyl (C=O) groups is 4. The molecule has 15 heteroatoms. The van der Waals surface area contributed by atoms with Gasteiger partial charge in [0.2, 0.25) is 17.7 Å². The number of guanidine groups is 1. The number of nitrogens with one attached hydrogen (secondary N) is 3. The lowest BCUT2D eigenvalue weighted by Gasteiger charge is -2.30. The van der Waals surface area contributed by atoms with E-state index in [1.807, 2.05) is 0 Å². The fourth-order valence-corrected chi connectivity index (χ4v) is 4.58. The van der Waals surface area contributed by atoms with Crippen molar-refractivity contribution in [3.05, 3.63) is 48.0 Å². The van der Waals surface area contributed by atoms with Crippen LogP contribution in [0.5, 0.6) is 5.75 Å². The fraction of sp³-hybridized carbons (Fsp3) is 0.462. The minimum Gasteiger partial charge on any atom is -0.508 e. The van der Waals surface area contributed by atoms with Crippen molar-refractivity contribution in [2.45, 2.75) is 62.7 Å². The van der Waals surface area contributed by atoms with Gasteiger partial charge in [0, 0.05) is 37.8 Å². The molecule has 2 heterocycles. The maximum Gasteiger partial charge on any atom is 0.326 e.